The first kappa shape index (κ1) is 21.2. The quantitative estimate of drug-likeness (QED) is 0.740. The van der Waals surface area contributed by atoms with Crippen molar-refractivity contribution in [2.75, 3.05) is 40.4 Å². The van der Waals surface area contributed by atoms with Crippen molar-refractivity contribution in [3.05, 3.63) is 59.2 Å². The summed E-state index contributed by atoms with van der Waals surface area (Å²) in [6, 6.07) is 13.3. The SMILES string of the molecule is COc1ccc(C2CN(C(=O)c3ccc(C)cc3)CC2C(=O)N2CCCC2)c(OC)c1. The van der Waals surface area contributed by atoms with Gasteiger partial charge in [0.05, 0.1) is 20.1 Å². The molecule has 2 aromatic carbocycles. The molecule has 0 radical (unpaired) electrons. The van der Waals surface area contributed by atoms with Crippen LogP contribution in [0.25, 0.3) is 0 Å². The Kier molecular flexibility index (Phi) is 6.16. The summed E-state index contributed by atoms with van der Waals surface area (Å²) in [5.41, 5.74) is 2.71. The zero-order valence-corrected chi connectivity index (χ0v) is 18.5. The molecule has 0 aromatic heterocycles. The number of likely N-dealkylation sites (tertiary alicyclic amines) is 2. The van der Waals surface area contributed by atoms with E-state index in [1.807, 2.05) is 59.2 Å². The fourth-order valence-electron chi connectivity index (χ4n) is 4.71. The molecule has 2 aliphatic heterocycles. The number of carbonyl (C=O) groups is 2. The maximum Gasteiger partial charge on any atom is 0.253 e. The second-order valence-electron chi connectivity index (χ2n) is 8.43. The molecule has 2 amide bonds. The van der Waals surface area contributed by atoms with E-state index < -0.39 is 0 Å². The first-order chi connectivity index (χ1) is 15.0. The predicted octanol–water partition coefficient (Wildman–Crippen LogP) is 3.49. The summed E-state index contributed by atoms with van der Waals surface area (Å²) in [6.45, 7) is 4.50. The molecule has 31 heavy (non-hydrogen) atoms. The van der Waals surface area contributed by atoms with Gasteiger partial charge in [-0.2, -0.15) is 0 Å². The second-order valence-corrected chi connectivity index (χ2v) is 8.43. The molecule has 164 valence electrons. The van der Waals surface area contributed by atoms with E-state index in [9.17, 15) is 9.59 Å². The third kappa shape index (κ3) is 4.24. The van der Waals surface area contributed by atoms with Gasteiger partial charge in [0.2, 0.25) is 5.91 Å². The molecule has 0 N–H and O–H groups in total. The molecule has 2 aliphatic rings. The number of aryl methyl sites for hydroxylation is 1. The van der Waals surface area contributed by atoms with E-state index in [-0.39, 0.29) is 23.7 Å². The Hall–Kier alpha value is -3.02. The largest absolute Gasteiger partial charge is 0.497 e. The molecule has 2 fully saturated rings. The van der Waals surface area contributed by atoms with Gasteiger partial charge in [-0.15, -0.1) is 0 Å². The topological polar surface area (TPSA) is 59.1 Å². The lowest BCUT2D eigenvalue weighted by Crippen LogP contribution is -2.37. The molecule has 2 heterocycles. The van der Waals surface area contributed by atoms with Crippen LogP contribution >= 0.6 is 0 Å². The smallest absolute Gasteiger partial charge is 0.253 e. The van der Waals surface area contributed by atoms with Crippen LogP contribution in [0.2, 0.25) is 0 Å². The standard InChI is InChI=1S/C25H30N2O4/c1-17-6-8-18(9-7-17)24(28)27-15-21(20-11-10-19(30-2)14-23(20)31-3)22(16-27)25(29)26-12-4-5-13-26/h6-11,14,21-22H,4-5,12-13,15-16H2,1-3H3. The van der Waals surface area contributed by atoms with Crippen molar-refractivity contribution in [2.24, 2.45) is 5.92 Å². The van der Waals surface area contributed by atoms with Gasteiger partial charge < -0.3 is 19.3 Å². The Bertz CT molecular complexity index is 950. The minimum Gasteiger partial charge on any atom is -0.497 e. The van der Waals surface area contributed by atoms with E-state index in [0.29, 0.717) is 30.2 Å². The van der Waals surface area contributed by atoms with Crippen molar-refractivity contribution in [1.82, 2.24) is 9.80 Å². The van der Waals surface area contributed by atoms with Crippen LogP contribution in [0.5, 0.6) is 11.5 Å². The fourth-order valence-corrected chi connectivity index (χ4v) is 4.71. The van der Waals surface area contributed by atoms with Crippen LogP contribution < -0.4 is 9.47 Å². The molecule has 2 aromatic rings. The number of rotatable bonds is 5. The van der Waals surface area contributed by atoms with Crippen molar-refractivity contribution < 1.29 is 19.1 Å². The molecule has 2 saturated heterocycles. The Labute approximate surface area is 183 Å². The summed E-state index contributed by atoms with van der Waals surface area (Å²) in [4.78, 5) is 30.4. The lowest BCUT2D eigenvalue weighted by molar-refractivity contribution is -0.134. The summed E-state index contributed by atoms with van der Waals surface area (Å²) >= 11 is 0. The first-order valence-electron chi connectivity index (χ1n) is 10.9. The Morgan fingerprint density at radius 2 is 1.61 bits per heavy atom. The second kappa shape index (κ2) is 9.00. The number of hydrogen-bond acceptors (Lipinski definition) is 4. The molecule has 6 heteroatoms. The number of amides is 2. The summed E-state index contributed by atoms with van der Waals surface area (Å²) in [5.74, 6) is 1.09. The van der Waals surface area contributed by atoms with Crippen LogP contribution in [0.4, 0.5) is 0 Å². The average molecular weight is 423 g/mol. The third-order valence-corrected chi connectivity index (χ3v) is 6.48. The number of ether oxygens (including phenoxy) is 2. The van der Waals surface area contributed by atoms with Crippen LogP contribution in [0.3, 0.4) is 0 Å². The Morgan fingerprint density at radius 1 is 0.903 bits per heavy atom. The van der Waals surface area contributed by atoms with Crippen LogP contribution in [-0.4, -0.2) is 62.0 Å². The molecule has 0 aliphatic carbocycles. The van der Waals surface area contributed by atoms with E-state index in [1.54, 1.807) is 14.2 Å². The maximum absolute atomic E-state index is 13.4. The number of carbonyl (C=O) groups excluding carboxylic acids is 2. The molecule has 2 atom stereocenters. The van der Waals surface area contributed by atoms with E-state index in [1.165, 1.54) is 0 Å². The highest BCUT2D eigenvalue weighted by Crippen LogP contribution is 2.40. The minimum atomic E-state index is -0.283. The fraction of sp³-hybridized carbons (Fsp3) is 0.440. The van der Waals surface area contributed by atoms with Gasteiger partial charge in [0.15, 0.2) is 0 Å². The van der Waals surface area contributed by atoms with E-state index in [2.05, 4.69) is 0 Å². The summed E-state index contributed by atoms with van der Waals surface area (Å²) in [6.07, 6.45) is 2.09. The monoisotopic (exact) mass is 422 g/mol. The molecule has 2 unspecified atom stereocenters. The van der Waals surface area contributed by atoms with Gasteiger partial charge in [-0.05, 0) is 38.0 Å². The first-order valence-corrected chi connectivity index (χ1v) is 10.9. The van der Waals surface area contributed by atoms with E-state index >= 15 is 0 Å². The van der Waals surface area contributed by atoms with Gasteiger partial charge in [-0.1, -0.05) is 23.8 Å². The number of benzene rings is 2. The Balaban J connectivity index is 1.66. The third-order valence-electron chi connectivity index (χ3n) is 6.48. The van der Waals surface area contributed by atoms with Gasteiger partial charge in [-0.3, -0.25) is 9.59 Å². The highest BCUT2D eigenvalue weighted by atomic mass is 16.5. The minimum absolute atomic E-state index is 0.0331. The van der Waals surface area contributed by atoms with Crippen molar-refractivity contribution >= 4 is 11.8 Å². The zero-order valence-electron chi connectivity index (χ0n) is 18.5. The molecule has 0 spiro atoms. The maximum atomic E-state index is 13.4. The molecule has 0 bridgehead atoms. The highest BCUT2D eigenvalue weighted by Gasteiger charge is 2.43. The lowest BCUT2D eigenvalue weighted by atomic mass is 9.87. The van der Waals surface area contributed by atoms with Crippen LogP contribution in [0, 0.1) is 12.8 Å². The summed E-state index contributed by atoms with van der Waals surface area (Å²) in [7, 11) is 3.24. The lowest BCUT2D eigenvalue weighted by Gasteiger charge is -2.25. The van der Waals surface area contributed by atoms with Gasteiger partial charge in [-0.25, -0.2) is 0 Å². The van der Waals surface area contributed by atoms with Crippen molar-refractivity contribution in [3.8, 4) is 11.5 Å². The molecular weight excluding hydrogens is 392 g/mol. The van der Waals surface area contributed by atoms with Gasteiger partial charge in [0, 0.05) is 49.3 Å². The average Bonchev–Trinajstić information content (AvgIpc) is 3.49. The number of hydrogen-bond donors (Lipinski definition) is 0. The molecule has 6 nitrogen and oxygen atoms in total. The van der Waals surface area contributed by atoms with Gasteiger partial charge in [0.25, 0.3) is 5.91 Å². The molecule has 0 saturated carbocycles. The van der Waals surface area contributed by atoms with Crippen LogP contribution in [0.15, 0.2) is 42.5 Å². The van der Waals surface area contributed by atoms with Crippen molar-refractivity contribution in [1.29, 1.82) is 0 Å². The molecule has 4 rings (SSSR count). The van der Waals surface area contributed by atoms with Crippen LogP contribution in [-0.2, 0) is 4.79 Å². The normalized spacial score (nSPS) is 20.7. The van der Waals surface area contributed by atoms with Crippen molar-refractivity contribution in [3.63, 3.8) is 0 Å². The number of nitrogens with zero attached hydrogens (tertiary/aromatic N) is 2. The zero-order chi connectivity index (χ0) is 22.0. The van der Waals surface area contributed by atoms with E-state index in [4.69, 9.17) is 9.47 Å². The van der Waals surface area contributed by atoms with Gasteiger partial charge in [0.1, 0.15) is 11.5 Å². The summed E-state index contributed by atoms with van der Waals surface area (Å²) < 4.78 is 11.0. The van der Waals surface area contributed by atoms with Crippen LogP contribution in [0.1, 0.15) is 40.2 Å². The predicted molar refractivity (Wildman–Crippen MR) is 119 cm³/mol. The Morgan fingerprint density at radius 3 is 2.26 bits per heavy atom. The summed E-state index contributed by atoms with van der Waals surface area (Å²) in [5, 5.41) is 0. The van der Waals surface area contributed by atoms with E-state index in [0.717, 1.165) is 37.1 Å². The molecular formula is C25H30N2O4. The van der Waals surface area contributed by atoms with Crippen molar-refractivity contribution in [2.45, 2.75) is 25.7 Å². The van der Waals surface area contributed by atoms with Gasteiger partial charge >= 0.3 is 0 Å². The number of methoxy groups -OCH3 is 2. The highest BCUT2D eigenvalue weighted by molar-refractivity contribution is 5.95.